The standard InChI is InChI=1S/C13H23N3O4/c1-13(2,3)10(12(19)20)11(18)15-8-9(17)16-6-4-14-5-7-16/h10,14H,4-8H2,1-3H3,(H,15,18)(H,19,20). The predicted octanol–water partition coefficient (Wildman–Crippen LogP) is -0.719. The number of piperazine rings is 1. The molecule has 1 fully saturated rings. The molecule has 0 spiro atoms. The first kappa shape index (κ1) is 16.4. The summed E-state index contributed by atoms with van der Waals surface area (Å²) >= 11 is 0. The zero-order valence-corrected chi connectivity index (χ0v) is 12.2. The van der Waals surface area contributed by atoms with Gasteiger partial charge in [0.1, 0.15) is 5.92 Å². The molecule has 1 unspecified atom stereocenters. The monoisotopic (exact) mass is 285 g/mol. The smallest absolute Gasteiger partial charge is 0.316 e. The van der Waals surface area contributed by atoms with Gasteiger partial charge in [0, 0.05) is 26.2 Å². The van der Waals surface area contributed by atoms with E-state index in [4.69, 9.17) is 5.11 Å². The Bertz CT molecular complexity index is 384. The van der Waals surface area contributed by atoms with Crippen LogP contribution in [0.2, 0.25) is 0 Å². The highest BCUT2D eigenvalue weighted by Crippen LogP contribution is 2.26. The van der Waals surface area contributed by atoms with Crippen molar-refractivity contribution in [1.29, 1.82) is 0 Å². The largest absolute Gasteiger partial charge is 0.481 e. The fourth-order valence-electron chi connectivity index (χ4n) is 2.17. The van der Waals surface area contributed by atoms with E-state index in [1.165, 1.54) is 0 Å². The molecule has 0 radical (unpaired) electrons. The Balaban J connectivity index is 2.52. The van der Waals surface area contributed by atoms with Crippen LogP contribution in [0.25, 0.3) is 0 Å². The number of carbonyl (C=O) groups excluding carboxylic acids is 2. The molecular weight excluding hydrogens is 262 g/mol. The molecule has 0 aromatic heterocycles. The maximum atomic E-state index is 11.9. The second-order valence-corrected chi connectivity index (χ2v) is 5.99. The first-order valence-electron chi connectivity index (χ1n) is 6.72. The Kier molecular flexibility index (Phi) is 5.50. The number of carboxylic acids is 1. The molecule has 1 saturated heterocycles. The van der Waals surface area contributed by atoms with Crippen LogP contribution >= 0.6 is 0 Å². The number of nitrogens with one attached hydrogen (secondary N) is 2. The maximum absolute atomic E-state index is 11.9. The Morgan fingerprint density at radius 3 is 2.25 bits per heavy atom. The van der Waals surface area contributed by atoms with Crippen molar-refractivity contribution in [1.82, 2.24) is 15.5 Å². The van der Waals surface area contributed by atoms with E-state index < -0.39 is 23.2 Å². The second kappa shape index (κ2) is 6.69. The summed E-state index contributed by atoms with van der Waals surface area (Å²) < 4.78 is 0. The lowest BCUT2D eigenvalue weighted by atomic mass is 9.80. The van der Waals surface area contributed by atoms with Crippen molar-refractivity contribution < 1.29 is 19.5 Å². The van der Waals surface area contributed by atoms with Crippen molar-refractivity contribution in [3.8, 4) is 0 Å². The van der Waals surface area contributed by atoms with Gasteiger partial charge in [-0.25, -0.2) is 0 Å². The molecule has 7 heteroatoms. The number of rotatable bonds is 4. The predicted molar refractivity (Wildman–Crippen MR) is 73.0 cm³/mol. The van der Waals surface area contributed by atoms with Crippen LogP contribution in [0.3, 0.4) is 0 Å². The number of carbonyl (C=O) groups is 3. The summed E-state index contributed by atoms with van der Waals surface area (Å²) in [7, 11) is 0. The highest BCUT2D eigenvalue weighted by atomic mass is 16.4. The van der Waals surface area contributed by atoms with Crippen molar-refractivity contribution in [2.45, 2.75) is 20.8 Å². The van der Waals surface area contributed by atoms with E-state index in [0.717, 1.165) is 13.1 Å². The van der Waals surface area contributed by atoms with E-state index in [1.807, 2.05) is 0 Å². The number of nitrogens with zero attached hydrogens (tertiary/aromatic N) is 1. The van der Waals surface area contributed by atoms with Crippen LogP contribution in [0, 0.1) is 11.3 Å². The summed E-state index contributed by atoms with van der Waals surface area (Å²) in [4.78, 5) is 36.7. The van der Waals surface area contributed by atoms with Gasteiger partial charge in [-0.15, -0.1) is 0 Å². The first-order valence-corrected chi connectivity index (χ1v) is 6.72. The molecular formula is C13H23N3O4. The van der Waals surface area contributed by atoms with Crippen molar-refractivity contribution in [2.75, 3.05) is 32.7 Å². The van der Waals surface area contributed by atoms with Crippen LogP contribution in [-0.4, -0.2) is 60.5 Å². The molecule has 1 heterocycles. The molecule has 1 aliphatic heterocycles. The summed E-state index contributed by atoms with van der Waals surface area (Å²) in [5.74, 6) is -3.14. The van der Waals surface area contributed by atoms with E-state index in [0.29, 0.717) is 13.1 Å². The number of aliphatic carboxylic acids is 1. The van der Waals surface area contributed by atoms with E-state index >= 15 is 0 Å². The van der Waals surface area contributed by atoms with Gasteiger partial charge in [-0.2, -0.15) is 0 Å². The van der Waals surface area contributed by atoms with Crippen LogP contribution in [-0.2, 0) is 14.4 Å². The third-order valence-electron chi connectivity index (χ3n) is 3.26. The number of amides is 2. The molecule has 0 aromatic carbocycles. The topological polar surface area (TPSA) is 98.7 Å². The van der Waals surface area contributed by atoms with Gasteiger partial charge in [0.15, 0.2) is 0 Å². The first-order chi connectivity index (χ1) is 9.23. The Labute approximate surface area is 118 Å². The Morgan fingerprint density at radius 2 is 1.80 bits per heavy atom. The summed E-state index contributed by atoms with van der Waals surface area (Å²) in [5.41, 5.74) is -0.700. The van der Waals surface area contributed by atoms with E-state index in [9.17, 15) is 14.4 Å². The molecule has 1 aliphatic rings. The van der Waals surface area contributed by atoms with E-state index in [2.05, 4.69) is 10.6 Å². The van der Waals surface area contributed by atoms with Crippen molar-refractivity contribution in [3.05, 3.63) is 0 Å². The molecule has 0 aromatic rings. The lowest BCUT2D eigenvalue weighted by molar-refractivity contribution is -0.152. The molecule has 114 valence electrons. The normalized spacial score (nSPS) is 17.4. The fourth-order valence-corrected chi connectivity index (χ4v) is 2.17. The fraction of sp³-hybridized carbons (Fsp3) is 0.769. The zero-order valence-electron chi connectivity index (χ0n) is 12.2. The summed E-state index contributed by atoms with van der Waals surface area (Å²) in [6.45, 7) is 7.58. The molecule has 7 nitrogen and oxygen atoms in total. The highest BCUT2D eigenvalue weighted by molar-refractivity contribution is 5.99. The molecule has 0 saturated carbocycles. The molecule has 3 N–H and O–H groups in total. The van der Waals surface area contributed by atoms with Gasteiger partial charge in [-0.1, -0.05) is 20.8 Å². The lowest BCUT2D eigenvalue weighted by Crippen LogP contribution is -2.51. The summed E-state index contributed by atoms with van der Waals surface area (Å²) in [6.07, 6.45) is 0. The van der Waals surface area contributed by atoms with Crippen molar-refractivity contribution >= 4 is 17.8 Å². The third-order valence-corrected chi connectivity index (χ3v) is 3.26. The van der Waals surface area contributed by atoms with Gasteiger partial charge >= 0.3 is 5.97 Å². The van der Waals surface area contributed by atoms with Crippen LogP contribution < -0.4 is 10.6 Å². The van der Waals surface area contributed by atoms with Gasteiger partial charge in [-0.3, -0.25) is 14.4 Å². The molecule has 0 bridgehead atoms. The van der Waals surface area contributed by atoms with Crippen molar-refractivity contribution in [3.63, 3.8) is 0 Å². The Hall–Kier alpha value is -1.63. The highest BCUT2D eigenvalue weighted by Gasteiger charge is 2.37. The minimum absolute atomic E-state index is 0.154. The van der Waals surface area contributed by atoms with Gasteiger partial charge in [0.05, 0.1) is 6.54 Å². The van der Waals surface area contributed by atoms with Crippen LogP contribution in [0.15, 0.2) is 0 Å². The zero-order chi connectivity index (χ0) is 15.3. The average Bonchev–Trinajstić information content (AvgIpc) is 2.34. The Morgan fingerprint density at radius 1 is 1.25 bits per heavy atom. The molecule has 1 atom stereocenters. The van der Waals surface area contributed by atoms with E-state index in [-0.39, 0.29) is 12.5 Å². The SMILES string of the molecule is CC(C)(C)C(C(=O)O)C(=O)NCC(=O)N1CCNCC1. The quantitative estimate of drug-likeness (QED) is 0.592. The van der Waals surface area contributed by atoms with Crippen LogP contribution in [0.5, 0.6) is 0 Å². The number of carboxylic acid groups (broad SMARTS) is 1. The van der Waals surface area contributed by atoms with Crippen LogP contribution in [0.1, 0.15) is 20.8 Å². The molecule has 2 amide bonds. The summed E-state index contributed by atoms with van der Waals surface area (Å²) in [6, 6.07) is 0. The van der Waals surface area contributed by atoms with Gasteiger partial charge in [-0.05, 0) is 5.41 Å². The maximum Gasteiger partial charge on any atom is 0.316 e. The average molecular weight is 285 g/mol. The second-order valence-electron chi connectivity index (χ2n) is 5.99. The number of hydrogen-bond donors (Lipinski definition) is 3. The van der Waals surface area contributed by atoms with Crippen LogP contribution in [0.4, 0.5) is 0 Å². The molecule has 1 rings (SSSR count). The van der Waals surface area contributed by atoms with Gasteiger partial charge < -0.3 is 20.6 Å². The molecule has 20 heavy (non-hydrogen) atoms. The summed E-state index contributed by atoms with van der Waals surface area (Å²) in [5, 5.41) is 14.7. The third kappa shape index (κ3) is 4.48. The lowest BCUT2D eigenvalue weighted by Gasteiger charge is -2.29. The molecule has 0 aliphatic carbocycles. The van der Waals surface area contributed by atoms with Gasteiger partial charge in [0.2, 0.25) is 11.8 Å². The minimum atomic E-state index is -1.18. The van der Waals surface area contributed by atoms with Gasteiger partial charge in [0.25, 0.3) is 0 Å². The van der Waals surface area contributed by atoms with E-state index in [1.54, 1.807) is 25.7 Å². The van der Waals surface area contributed by atoms with Crippen molar-refractivity contribution in [2.24, 2.45) is 11.3 Å². The number of hydrogen-bond acceptors (Lipinski definition) is 4. The minimum Gasteiger partial charge on any atom is -0.481 e.